The maximum absolute atomic E-state index is 12.8. The lowest BCUT2D eigenvalue weighted by Crippen LogP contribution is -2.37. The second-order valence-electron chi connectivity index (χ2n) is 21.7. The van der Waals surface area contributed by atoms with Crippen LogP contribution in [0.15, 0.2) is 194 Å². The number of allylic oxidation sites excluding steroid dienone is 32. The molecule has 0 aromatic heterocycles. The smallest absolute Gasteiger partial charge is 0.462 e. The molecule has 0 aliphatic heterocycles. The van der Waals surface area contributed by atoms with E-state index < -0.39 is 32.5 Å². The Labute approximate surface area is 513 Å². The third-order valence-electron chi connectivity index (χ3n) is 12.6. The zero-order chi connectivity index (χ0) is 61.2. The van der Waals surface area contributed by atoms with Crippen molar-refractivity contribution in [3.63, 3.8) is 0 Å². The molecule has 0 saturated heterocycles. The summed E-state index contributed by atoms with van der Waals surface area (Å²) in [5.74, 6) is -0.892. The van der Waals surface area contributed by atoms with Gasteiger partial charge in [-0.25, -0.2) is 4.57 Å². The highest BCUT2D eigenvalue weighted by molar-refractivity contribution is 7.47. The molecule has 1 N–H and O–H groups in total. The van der Waals surface area contributed by atoms with Crippen molar-refractivity contribution in [3.8, 4) is 0 Å². The Hall–Kier alpha value is -5.15. The Bertz CT molecular complexity index is 2120. The number of likely N-dealkylation sites (N-methyl/N-ethyl adjacent to an activating group) is 1. The van der Waals surface area contributed by atoms with E-state index >= 15 is 0 Å². The van der Waals surface area contributed by atoms with E-state index in [-0.39, 0.29) is 26.1 Å². The highest BCUT2D eigenvalue weighted by atomic mass is 31.2. The number of hydrogen-bond acceptors (Lipinski definition) is 7. The number of nitrogens with zero attached hydrogens (tertiary/aromatic N) is 1. The van der Waals surface area contributed by atoms with Gasteiger partial charge in [0.05, 0.1) is 27.7 Å². The molecule has 9 nitrogen and oxygen atoms in total. The van der Waals surface area contributed by atoms with Crippen molar-refractivity contribution in [2.45, 2.75) is 213 Å². The number of hydrogen-bond donors (Lipinski definition) is 1. The topological polar surface area (TPSA) is 108 Å². The fourth-order valence-electron chi connectivity index (χ4n) is 7.76. The third-order valence-corrected chi connectivity index (χ3v) is 13.6. The lowest BCUT2D eigenvalue weighted by Gasteiger charge is -2.24. The van der Waals surface area contributed by atoms with Crippen molar-refractivity contribution in [2.75, 3.05) is 47.5 Å². The van der Waals surface area contributed by atoms with E-state index in [1.165, 1.54) is 32.1 Å². The van der Waals surface area contributed by atoms with Crippen LogP contribution in [0.3, 0.4) is 0 Å². The van der Waals surface area contributed by atoms with Gasteiger partial charge in [-0.2, -0.15) is 0 Å². The average Bonchev–Trinajstić information content (AvgIpc) is 3.61. The maximum atomic E-state index is 12.8. The van der Waals surface area contributed by atoms with Crippen LogP contribution in [0.5, 0.6) is 0 Å². The molecule has 0 saturated carbocycles. The Kier molecular flexibility index (Phi) is 58.6. The number of ether oxygens (including phenoxy) is 2. The molecule has 0 aromatic carbocycles. The van der Waals surface area contributed by atoms with Crippen molar-refractivity contribution in [3.05, 3.63) is 194 Å². The van der Waals surface area contributed by atoms with Gasteiger partial charge in [0.15, 0.2) is 6.10 Å². The summed E-state index contributed by atoms with van der Waals surface area (Å²) in [5, 5.41) is 0. The second kappa shape index (κ2) is 62.4. The second-order valence-corrected chi connectivity index (χ2v) is 23.1. The summed E-state index contributed by atoms with van der Waals surface area (Å²) in [6, 6.07) is 0. The molecule has 0 rings (SSSR count). The van der Waals surface area contributed by atoms with Crippen LogP contribution in [-0.4, -0.2) is 74.9 Å². The highest BCUT2D eigenvalue weighted by Gasteiger charge is 2.27. The van der Waals surface area contributed by atoms with E-state index in [1.807, 2.05) is 27.2 Å². The SMILES string of the molecule is CC/C=C\C/C=C\C/C=C\C/C=C\C/C=C\C/C=C\C/C=C\C/C=C\C/C=C\CCCC(=O)OC(COC(=O)CCCCCCCCCCC/C=C\C/C=C\C/C=C\C/C=C\C/C=C\C/C=C\C/C=C\CC)COP(=O)(O)OCC[N+](C)(C)C. The first-order valence-corrected chi connectivity index (χ1v) is 33.7. The average molecular weight is 1180 g/mol. The van der Waals surface area contributed by atoms with Crippen LogP contribution in [0.25, 0.3) is 0 Å². The summed E-state index contributed by atoms with van der Waals surface area (Å²) in [6.45, 7) is 4.10. The highest BCUT2D eigenvalue weighted by Crippen LogP contribution is 2.43. The fraction of sp³-hybridized carbons (Fsp3) is 0.541. The van der Waals surface area contributed by atoms with E-state index in [0.717, 1.165) is 128 Å². The number of esters is 2. The summed E-state index contributed by atoms with van der Waals surface area (Å²) in [7, 11) is 1.40. The summed E-state index contributed by atoms with van der Waals surface area (Å²) < 4.78 is 34.5. The Balaban J connectivity index is 4.29. The van der Waals surface area contributed by atoms with Crippen molar-refractivity contribution in [1.82, 2.24) is 0 Å². The van der Waals surface area contributed by atoms with Crippen LogP contribution < -0.4 is 0 Å². The van der Waals surface area contributed by atoms with Gasteiger partial charge in [-0.15, -0.1) is 0 Å². The lowest BCUT2D eigenvalue weighted by molar-refractivity contribution is -0.870. The van der Waals surface area contributed by atoms with Gasteiger partial charge < -0.3 is 18.9 Å². The molecule has 10 heteroatoms. The van der Waals surface area contributed by atoms with Crippen molar-refractivity contribution in [2.24, 2.45) is 0 Å². The molecule has 2 atom stereocenters. The molecule has 2 unspecified atom stereocenters. The van der Waals surface area contributed by atoms with Gasteiger partial charge in [0.2, 0.25) is 0 Å². The lowest BCUT2D eigenvalue weighted by atomic mass is 10.1. The van der Waals surface area contributed by atoms with Crippen LogP contribution in [-0.2, 0) is 32.7 Å². The molecular formula is C74H117NO8P+. The molecule has 0 aliphatic carbocycles. The summed E-state index contributed by atoms with van der Waals surface area (Å²) in [6.07, 6.45) is 98.0. The predicted molar refractivity (Wildman–Crippen MR) is 362 cm³/mol. The van der Waals surface area contributed by atoms with Gasteiger partial charge in [0, 0.05) is 12.8 Å². The minimum atomic E-state index is -4.42. The van der Waals surface area contributed by atoms with E-state index in [2.05, 4.69) is 202 Å². The van der Waals surface area contributed by atoms with Gasteiger partial charge >= 0.3 is 19.8 Å². The quantitative estimate of drug-likeness (QED) is 0.0211. The van der Waals surface area contributed by atoms with Crippen LogP contribution in [0.4, 0.5) is 0 Å². The molecule has 0 aliphatic rings. The molecule has 0 spiro atoms. The minimum Gasteiger partial charge on any atom is -0.462 e. The van der Waals surface area contributed by atoms with Gasteiger partial charge in [-0.3, -0.25) is 18.6 Å². The van der Waals surface area contributed by atoms with E-state index in [9.17, 15) is 19.0 Å². The van der Waals surface area contributed by atoms with Crippen LogP contribution in [0.2, 0.25) is 0 Å². The number of quaternary nitrogens is 1. The van der Waals surface area contributed by atoms with E-state index in [1.54, 1.807) is 0 Å². The molecular weight excluding hydrogens is 1060 g/mol. The molecule has 0 fully saturated rings. The maximum Gasteiger partial charge on any atom is 0.472 e. The molecule has 0 heterocycles. The zero-order valence-corrected chi connectivity index (χ0v) is 54.2. The van der Waals surface area contributed by atoms with Crippen molar-refractivity contribution in [1.29, 1.82) is 0 Å². The molecule has 84 heavy (non-hydrogen) atoms. The van der Waals surface area contributed by atoms with Crippen molar-refractivity contribution >= 4 is 19.8 Å². The summed E-state index contributed by atoms with van der Waals surface area (Å²) in [4.78, 5) is 35.8. The predicted octanol–water partition coefficient (Wildman–Crippen LogP) is 20.9. The van der Waals surface area contributed by atoms with Gasteiger partial charge in [-0.05, 0) is 135 Å². The molecule has 470 valence electrons. The van der Waals surface area contributed by atoms with Crippen molar-refractivity contribution < 1.29 is 42.1 Å². The molecule has 0 aromatic rings. The Morgan fingerprint density at radius 3 is 0.988 bits per heavy atom. The molecule has 0 bridgehead atoms. The standard InChI is InChI=1S/C74H116NO8P/c1-6-8-10-12-14-16-18-20-22-24-26-28-30-32-34-36-37-39-40-42-44-46-48-50-52-54-56-58-60-62-64-66-73(76)80-70-72(71-82-84(78,79)81-69-68-75(3,4)5)83-74(77)67-65-63-61-59-57-55-53-51-49-47-45-43-41-38-35-33-31-29-27-25-23-21-19-17-15-13-11-9-7-2/h8-11,14-17,20-23,26-29,32-35,37,39,41-44,47,49,53,55,59,61,72H,6-7,12-13,18-19,24-25,30-31,36,38,40,45-46,48,50-52,54,56-58,60,62-71H2,1-5H3/p+1/b10-8-,11-9-,16-14-,17-15-,22-20-,23-21-,28-26-,29-27-,34-32-,35-33-,39-37-,43-41-,44-42-,49-47-,55-53-,61-59-. The Morgan fingerprint density at radius 1 is 0.369 bits per heavy atom. The normalized spacial score (nSPS) is 14.5. The molecule has 0 amide bonds. The summed E-state index contributed by atoms with van der Waals surface area (Å²) >= 11 is 0. The first kappa shape index (κ1) is 78.8. The number of phosphoric ester groups is 1. The van der Waals surface area contributed by atoms with Gasteiger partial charge in [-0.1, -0.05) is 253 Å². The van der Waals surface area contributed by atoms with Gasteiger partial charge in [0.25, 0.3) is 0 Å². The van der Waals surface area contributed by atoms with Crippen LogP contribution >= 0.6 is 7.82 Å². The fourth-order valence-corrected chi connectivity index (χ4v) is 8.50. The minimum absolute atomic E-state index is 0.00787. The molecule has 0 radical (unpaired) electrons. The number of unbranched alkanes of at least 4 members (excludes halogenated alkanes) is 10. The first-order chi connectivity index (χ1) is 41.0. The van der Waals surface area contributed by atoms with E-state index in [0.29, 0.717) is 30.3 Å². The monoisotopic (exact) mass is 1180 g/mol. The number of carbonyl (C=O) groups excluding carboxylic acids is 2. The Morgan fingerprint density at radius 2 is 0.655 bits per heavy atom. The third kappa shape index (κ3) is 66.0. The first-order valence-electron chi connectivity index (χ1n) is 32.2. The van der Waals surface area contributed by atoms with E-state index in [4.69, 9.17) is 18.5 Å². The number of phosphoric acid groups is 1. The largest absolute Gasteiger partial charge is 0.472 e. The van der Waals surface area contributed by atoms with Gasteiger partial charge in [0.1, 0.15) is 19.8 Å². The number of carbonyl (C=O) groups is 2. The zero-order valence-electron chi connectivity index (χ0n) is 53.3. The number of rotatable bonds is 56. The summed E-state index contributed by atoms with van der Waals surface area (Å²) in [5.41, 5.74) is 0. The van der Waals surface area contributed by atoms with Crippen LogP contribution in [0, 0.1) is 0 Å². The van der Waals surface area contributed by atoms with Crippen LogP contribution in [0.1, 0.15) is 206 Å².